The molecule has 0 aliphatic heterocycles. The van der Waals surface area contributed by atoms with Gasteiger partial charge in [0.15, 0.2) is 5.78 Å². The maximum absolute atomic E-state index is 13.3. The molecule has 0 saturated carbocycles. The highest BCUT2D eigenvalue weighted by molar-refractivity contribution is 5.96. The number of aromatic nitrogens is 4. The van der Waals surface area contributed by atoms with Gasteiger partial charge in [0.05, 0.1) is 17.6 Å². The molecule has 0 saturated heterocycles. The second-order valence-corrected chi connectivity index (χ2v) is 7.09. The number of hydrogen-bond acceptors (Lipinski definition) is 4. The van der Waals surface area contributed by atoms with Crippen molar-refractivity contribution in [3.05, 3.63) is 88.2 Å². The van der Waals surface area contributed by atoms with E-state index >= 15 is 0 Å². The van der Waals surface area contributed by atoms with Crippen molar-refractivity contribution in [2.45, 2.75) is 26.3 Å². The topological polar surface area (TPSA) is 69.8 Å². The second kappa shape index (κ2) is 7.43. The molecule has 146 valence electrons. The number of Topliss-reactive ketones (excluding diaryl/α,β-unsaturated/α-hetero) is 1. The normalized spacial score (nSPS) is 11.3. The minimum Gasteiger partial charge on any atom is -0.292 e. The zero-order chi connectivity index (χ0) is 20.5. The summed E-state index contributed by atoms with van der Waals surface area (Å²) in [5, 5.41) is 9.41. The Bertz CT molecular complexity index is 1240. The lowest BCUT2D eigenvalue weighted by molar-refractivity contribution is 0.0965. The lowest BCUT2D eigenvalue weighted by Crippen LogP contribution is -2.29. The first-order valence-electron chi connectivity index (χ1n) is 9.28. The van der Waals surface area contributed by atoms with Crippen molar-refractivity contribution >= 4 is 16.7 Å². The standard InChI is InChI=1S/C22H19FN4O2/c1-14(2)20-18-12-24-27(17-10-8-16(23)9-11-17)21(18)22(29)26(25-20)13-19(28)15-6-4-3-5-7-15/h3-12,14H,13H2,1-2H3. The van der Waals surface area contributed by atoms with Crippen LogP contribution in [0.15, 0.2) is 65.6 Å². The number of halogens is 1. The van der Waals surface area contributed by atoms with Gasteiger partial charge in [-0.25, -0.2) is 13.8 Å². The molecule has 4 rings (SSSR count). The third-order valence-corrected chi connectivity index (χ3v) is 4.72. The molecule has 2 aromatic carbocycles. The number of carbonyl (C=O) groups is 1. The van der Waals surface area contributed by atoms with Crippen LogP contribution in [0.2, 0.25) is 0 Å². The lowest BCUT2D eigenvalue weighted by atomic mass is 10.1. The summed E-state index contributed by atoms with van der Waals surface area (Å²) in [4.78, 5) is 25.9. The summed E-state index contributed by atoms with van der Waals surface area (Å²) in [7, 11) is 0. The van der Waals surface area contributed by atoms with E-state index in [0.29, 0.717) is 27.8 Å². The van der Waals surface area contributed by atoms with E-state index < -0.39 is 5.56 Å². The summed E-state index contributed by atoms with van der Waals surface area (Å²) in [5.41, 5.74) is 1.64. The molecule has 7 heteroatoms. The van der Waals surface area contributed by atoms with Crippen LogP contribution >= 0.6 is 0 Å². The number of carbonyl (C=O) groups excluding carboxylic acids is 1. The summed E-state index contributed by atoms with van der Waals surface area (Å²) in [5.74, 6) is -0.565. The minimum atomic E-state index is -0.421. The third kappa shape index (κ3) is 3.47. The Morgan fingerprint density at radius 2 is 1.76 bits per heavy atom. The first-order valence-corrected chi connectivity index (χ1v) is 9.28. The maximum Gasteiger partial charge on any atom is 0.293 e. The van der Waals surface area contributed by atoms with Crippen LogP contribution in [-0.2, 0) is 6.54 Å². The van der Waals surface area contributed by atoms with Crippen molar-refractivity contribution in [1.29, 1.82) is 0 Å². The molecule has 0 bridgehead atoms. The van der Waals surface area contributed by atoms with Crippen LogP contribution in [0.1, 0.15) is 35.8 Å². The van der Waals surface area contributed by atoms with E-state index in [2.05, 4.69) is 10.2 Å². The molecule has 0 unspecified atom stereocenters. The number of fused-ring (bicyclic) bond motifs is 1. The largest absolute Gasteiger partial charge is 0.293 e. The summed E-state index contributed by atoms with van der Waals surface area (Å²) in [6.07, 6.45) is 1.59. The lowest BCUT2D eigenvalue weighted by Gasteiger charge is -2.12. The van der Waals surface area contributed by atoms with E-state index in [0.717, 1.165) is 0 Å². The van der Waals surface area contributed by atoms with E-state index in [9.17, 15) is 14.0 Å². The fourth-order valence-corrected chi connectivity index (χ4v) is 3.26. The zero-order valence-corrected chi connectivity index (χ0v) is 16.0. The predicted molar refractivity (Wildman–Crippen MR) is 108 cm³/mol. The average Bonchev–Trinajstić information content (AvgIpc) is 3.16. The molecular weight excluding hydrogens is 371 g/mol. The maximum atomic E-state index is 13.3. The minimum absolute atomic E-state index is 0.0158. The SMILES string of the molecule is CC(C)c1nn(CC(=O)c2ccccc2)c(=O)c2c1cnn2-c1ccc(F)cc1. The van der Waals surface area contributed by atoms with Gasteiger partial charge in [0, 0.05) is 10.9 Å². The fraction of sp³-hybridized carbons (Fsp3) is 0.182. The molecule has 0 atom stereocenters. The van der Waals surface area contributed by atoms with Gasteiger partial charge in [-0.2, -0.15) is 10.2 Å². The molecule has 0 fully saturated rings. The Hall–Kier alpha value is -3.61. The first kappa shape index (κ1) is 18.7. The Morgan fingerprint density at radius 3 is 2.41 bits per heavy atom. The van der Waals surface area contributed by atoms with Crippen molar-refractivity contribution in [2.75, 3.05) is 0 Å². The van der Waals surface area contributed by atoms with Crippen LogP contribution < -0.4 is 5.56 Å². The first-order chi connectivity index (χ1) is 14.0. The molecule has 0 radical (unpaired) electrons. The average molecular weight is 390 g/mol. The van der Waals surface area contributed by atoms with E-state index in [1.54, 1.807) is 42.6 Å². The van der Waals surface area contributed by atoms with E-state index in [4.69, 9.17) is 0 Å². The summed E-state index contributed by atoms with van der Waals surface area (Å²) in [6, 6.07) is 14.5. The Balaban J connectivity index is 1.88. The monoisotopic (exact) mass is 390 g/mol. The molecule has 4 aromatic rings. The van der Waals surface area contributed by atoms with Crippen LogP contribution in [0.4, 0.5) is 4.39 Å². The molecule has 2 aromatic heterocycles. The molecule has 29 heavy (non-hydrogen) atoms. The number of nitrogens with zero attached hydrogens (tertiary/aromatic N) is 4. The van der Waals surface area contributed by atoms with Gasteiger partial charge in [0.25, 0.3) is 5.56 Å². The Labute approximate surface area is 166 Å². The number of hydrogen-bond donors (Lipinski definition) is 0. The summed E-state index contributed by atoms with van der Waals surface area (Å²) >= 11 is 0. The van der Waals surface area contributed by atoms with E-state index in [1.807, 2.05) is 19.9 Å². The van der Waals surface area contributed by atoms with Crippen LogP contribution in [0.25, 0.3) is 16.6 Å². The van der Waals surface area contributed by atoms with Gasteiger partial charge in [-0.1, -0.05) is 44.2 Å². The van der Waals surface area contributed by atoms with Gasteiger partial charge in [-0.3, -0.25) is 9.59 Å². The van der Waals surface area contributed by atoms with E-state index in [1.165, 1.54) is 21.5 Å². The van der Waals surface area contributed by atoms with Crippen molar-refractivity contribution < 1.29 is 9.18 Å². The van der Waals surface area contributed by atoms with E-state index in [-0.39, 0.29) is 24.1 Å². The van der Waals surface area contributed by atoms with Crippen molar-refractivity contribution in [3.8, 4) is 5.69 Å². The molecule has 0 amide bonds. The van der Waals surface area contributed by atoms with Crippen LogP contribution in [0.3, 0.4) is 0 Å². The molecule has 2 heterocycles. The van der Waals surface area contributed by atoms with Gasteiger partial charge in [-0.05, 0) is 30.2 Å². The fourth-order valence-electron chi connectivity index (χ4n) is 3.26. The molecule has 0 spiro atoms. The molecule has 6 nitrogen and oxygen atoms in total. The second-order valence-electron chi connectivity index (χ2n) is 7.09. The van der Waals surface area contributed by atoms with Crippen molar-refractivity contribution in [3.63, 3.8) is 0 Å². The summed E-state index contributed by atoms with van der Waals surface area (Å²) < 4.78 is 16.0. The smallest absolute Gasteiger partial charge is 0.292 e. The Morgan fingerprint density at radius 1 is 1.07 bits per heavy atom. The zero-order valence-electron chi connectivity index (χ0n) is 16.0. The quantitative estimate of drug-likeness (QED) is 0.487. The molecular formula is C22H19FN4O2. The van der Waals surface area contributed by atoms with Gasteiger partial charge >= 0.3 is 0 Å². The van der Waals surface area contributed by atoms with Gasteiger partial charge < -0.3 is 0 Å². The number of rotatable bonds is 5. The van der Waals surface area contributed by atoms with Crippen LogP contribution in [-0.4, -0.2) is 25.3 Å². The number of ketones is 1. The molecule has 0 N–H and O–H groups in total. The summed E-state index contributed by atoms with van der Waals surface area (Å²) in [6.45, 7) is 3.75. The van der Waals surface area contributed by atoms with Crippen LogP contribution in [0.5, 0.6) is 0 Å². The van der Waals surface area contributed by atoms with Gasteiger partial charge in [-0.15, -0.1) is 0 Å². The highest BCUT2D eigenvalue weighted by atomic mass is 19.1. The Kier molecular flexibility index (Phi) is 4.80. The highest BCUT2D eigenvalue weighted by Gasteiger charge is 2.20. The van der Waals surface area contributed by atoms with Crippen LogP contribution in [0, 0.1) is 5.82 Å². The highest BCUT2D eigenvalue weighted by Crippen LogP contribution is 2.23. The van der Waals surface area contributed by atoms with Gasteiger partial charge in [0.2, 0.25) is 0 Å². The predicted octanol–water partition coefficient (Wildman–Crippen LogP) is 3.73. The number of benzene rings is 2. The van der Waals surface area contributed by atoms with Crippen molar-refractivity contribution in [2.24, 2.45) is 0 Å². The molecule has 0 aliphatic rings. The molecule has 0 aliphatic carbocycles. The van der Waals surface area contributed by atoms with Crippen molar-refractivity contribution in [1.82, 2.24) is 19.6 Å². The van der Waals surface area contributed by atoms with Gasteiger partial charge in [0.1, 0.15) is 17.9 Å². The third-order valence-electron chi connectivity index (χ3n) is 4.72.